The van der Waals surface area contributed by atoms with E-state index in [4.69, 9.17) is 9.31 Å². The molecule has 0 bridgehead atoms. The molecule has 0 aromatic heterocycles. The Bertz CT molecular complexity index is 663. The Hall–Kier alpha value is -1.53. The molecule has 2 aliphatic heterocycles. The molecular formula is C20H31BN2O3. The van der Waals surface area contributed by atoms with E-state index in [1.165, 1.54) is 0 Å². The third-order valence-electron chi connectivity index (χ3n) is 6.06. The van der Waals surface area contributed by atoms with E-state index in [0.29, 0.717) is 0 Å². The number of carbonyl (C=O) groups is 1. The normalized spacial score (nSPS) is 27.7. The summed E-state index contributed by atoms with van der Waals surface area (Å²) in [6.45, 7) is 15.8. The summed E-state index contributed by atoms with van der Waals surface area (Å²) in [5.74, 6) is 0.148. The second kappa shape index (κ2) is 6.57. The SMILES string of the molecule is CC(=O)N1C[C@@H](C)N(c2cccc(B3OC(C)(C)C(C)(C)O3)c2)[C@@H](C)C1. The Balaban J connectivity index is 1.83. The molecule has 2 atom stereocenters. The van der Waals surface area contributed by atoms with Crippen LogP contribution in [0.3, 0.4) is 0 Å². The predicted molar refractivity (Wildman–Crippen MR) is 106 cm³/mol. The maximum atomic E-state index is 11.8. The van der Waals surface area contributed by atoms with Crippen LogP contribution in [-0.2, 0) is 14.1 Å². The van der Waals surface area contributed by atoms with Crippen LogP contribution in [0.4, 0.5) is 5.69 Å². The zero-order valence-electron chi connectivity index (χ0n) is 17.1. The van der Waals surface area contributed by atoms with Gasteiger partial charge < -0.3 is 19.1 Å². The van der Waals surface area contributed by atoms with E-state index in [1.807, 2.05) is 4.90 Å². The number of anilines is 1. The van der Waals surface area contributed by atoms with Gasteiger partial charge in [-0.05, 0) is 59.1 Å². The molecule has 26 heavy (non-hydrogen) atoms. The summed E-state index contributed by atoms with van der Waals surface area (Å²) in [5.41, 5.74) is 1.50. The lowest BCUT2D eigenvalue weighted by Crippen LogP contribution is -2.58. The van der Waals surface area contributed by atoms with Gasteiger partial charge in [-0.25, -0.2) is 0 Å². The average molecular weight is 358 g/mol. The molecule has 0 saturated carbocycles. The van der Waals surface area contributed by atoms with E-state index < -0.39 is 0 Å². The van der Waals surface area contributed by atoms with Gasteiger partial charge >= 0.3 is 7.12 Å². The van der Waals surface area contributed by atoms with Crippen LogP contribution < -0.4 is 10.4 Å². The molecule has 1 aromatic rings. The van der Waals surface area contributed by atoms with E-state index in [-0.39, 0.29) is 36.3 Å². The van der Waals surface area contributed by atoms with Gasteiger partial charge in [0, 0.05) is 37.8 Å². The number of hydrogen-bond acceptors (Lipinski definition) is 4. The van der Waals surface area contributed by atoms with Crippen LogP contribution >= 0.6 is 0 Å². The molecule has 0 aliphatic carbocycles. The molecule has 0 radical (unpaired) electrons. The first-order valence-electron chi connectivity index (χ1n) is 9.51. The zero-order valence-corrected chi connectivity index (χ0v) is 17.1. The van der Waals surface area contributed by atoms with E-state index in [9.17, 15) is 4.79 Å². The van der Waals surface area contributed by atoms with Crippen LogP contribution in [0.1, 0.15) is 48.5 Å². The predicted octanol–water partition coefficient (Wildman–Crippen LogP) is 2.43. The highest BCUT2D eigenvalue weighted by Gasteiger charge is 2.51. The molecule has 0 unspecified atom stereocenters. The minimum Gasteiger partial charge on any atom is -0.399 e. The first kappa shape index (κ1) is 19.2. The number of hydrogen-bond donors (Lipinski definition) is 0. The van der Waals surface area contributed by atoms with Gasteiger partial charge in [-0.2, -0.15) is 0 Å². The fraction of sp³-hybridized carbons (Fsp3) is 0.650. The monoisotopic (exact) mass is 358 g/mol. The van der Waals surface area contributed by atoms with Gasteiger partial charge in [0.15, 0.2) is 0 Å². The summed E-state index contributed by atoms with van der Waals surface area (Å²) in [5, 5.41) is 0. The zero-order chi connectivity index (χ0) is 19.3. The fourth-order valence-corrected chi connectivity index (χ4v) is 3.90. The second-order valence-electron chi connectivity index (χ2n) is 8.71. The van der Waals surface area contributed by atoms with Crippen molar-refractivity contribution in [2.24, 2.45) is 0 Å². The summed E-state index contributed by atoms with van der Waals surface area (Å²) in [7, 11) is -0.357. The molecule has 0 N–H and O–H groups in total. The fourth-order valence-electron chi connectivity index (χ4n) is 3.90. The van der Waals surface area contributed by atoms with Gasteiger partial charge in [-0.15, -0.1) is 0 Å². The molecule has 1 aromatic carbocycles. The molecule has 1 amide bonds. The number of piperazine rings is 1. The van der Waals surface area contributed by atoms with E-state index in [0.717, 1.165) is 24.2 Å². The molecule has 2 heterocycles. The average Bonchev–Trinajstić information content (AvgIpc) is 2.75. The lowest BCUT2D eigenvalue weighted by molar-refractivity contribution is -0.130. The Kier molecular flexibility index (Phi) is 4.86. The summed E-state index contributed by atoms with van der Waals surface area (Å²) in [4.78, 5) is 16.1. The third kappa shape index (κ3) is 3.37. The van der Waals surface area contributed by atoms with Crippen molar-refractivity contribution in [3.63, 3.8) is 0 Å². The van der Waals surface area contributed by atoms with Crippen molar-refractivity contribution >= 4 is 24.2 Å². The second-order valence-corrected chi connectivity index (χ2v) is 8.71. The van der Waals surface area contributed by atoms with Crippen molar-refractivity contribution in [2.45, 2.75) is 71.8 Å². The Morgan fingerprint density at radius 2 is 1.62 bits per heavy atom. The van der Waals surface area contributed by atoms with Gasteiger partial charge in [0.2, 0.25) is 5.91 Å². The van der Waals surface area contributed by atoms with Crippen molar-refractivity contribution in [1.29, 1.82) is 0 Å². The third-order valence-corrected chi connectivity index (χ3v) is 6.06. The lowest BCUT2D eigenvalue weighted by Gasteiger charge is -2.45. The highest BCUT2D eigenvalue weighted by atomic mass is 16.7. The summed E-state index contributed by atoms with van der Waals surface area (Å²) in [6, 6.07) is 8.94. The summed E-state index contributed by atoms with van der Waals surface area (Å²) in [6.07, 6.45) is 0. The van der Waals surface area contributed by atoms with Crippen LogP contribution in [0.25, 0.3) is 0 Å². The summed E-state index contributed by atoms with van der Waals surface area (Å²) >= 11 is 0. The molecule has 2 fully saturated rings. The summed E-state index contributed by atoms with van der Waals surface area (Å²) < 4.78 is 12.4. The molecule has 3 rings (SSSR count). The number of benzene rings is 1. The van der Waals surface area contributed by atoms with Crippen molar-refractivity contribution in [3.8, 4) is 0 Å². The quantitative estimate of drug-likeness (QED) is 0.762. The van der Waals surface area contributed by atoms with Gasteiger partial charge in [0.1, 0.15) is 0 Å². The molecule has 5 nitrogen and oxygen atoms in total. The number of nitrogens with zero attached hydrogens (tertiary/aromatic N) is 2. The van der Waals surface area contributed by atoms with Crippen LogP contribution in [0.15, 0.2) is 24.3 Å². The highest BCUT2D eigenvalue weighted by Crippen LogP contribution is 2.36. The van der Waals surface area contributed by atoms with Crippen molar-refractivity contribution in [1.82, 2.24) is 4.90 Å². The highest BCUT2D eigenvalue weighted by molar-refractivity contribution is 6.62. The van der Waals surface area contributed by atoms with Gasteiger partial charge in [0.05, 0.1) is 11.2 Å². The first-order valence-corrected chi connectivity index (χ1v) is 9.51. The van der Waals surface area contributed by atoms with Crippen molar-refractivity contribution in [2.75, 3.05) is 18.0 Å². The van der Waals surface area contributed by atoms with Gasteiger partial charge in [-0.1, -0.05) is 12.1 Å². The largest absolute Gasteiger partial charge is 0.494 e. The van der Waals surface area contributed by atoms with Crippen LogP contribution in [0.2, 0.25) is 0 Å². The van der Waals surface area contributed by atoms with E-state index in [1.54, 1.807) is 6.92 Å². The van der Waals surface area contributed by atoms with Gasteiger partial charge in [-0.3, -0.25) is 4.79 Å². The van der Waals surface area contributed by atoms with Crippen LogP contribution in [-0.4, -0.2) is 54.3 Å². The molecule has 2 aliphatic rings. The maximum Gasteiger partial charge on any atom is 0.494 e. The lowest BCUT2D eigenvalue weighted by atomic mass is 9.79. The van der Waals surface area contributed by atoms with Crippen LogP contribution in [0.5, 0.6) is 0 Å². The van der Waals surface area contributed by atoms with Crippen LogP contribution in [0, 0.1) is 0 Å². The Labute approximate surface area is 157 Å². The smallest absolute Gasteiger partial charge is 0.399 e. The minimum atomic E-state index is -0.357. The Morgan fingerprint density at radius 3 is 2.12 bits per heavy atom. The Morgan fingerprint density at radius 1 is 1.08 bits per heavy atom. The minimum absolute atomic E-state index is 0.148. The van der Waals surface area contributed by atoms with E-state index >= 15 is 0 Å². The standard InChI is InChI=1S/C20H31BN2O3/c1-14-12-22(16(3)24)13-15(2)23(14)18-10-8-9-17(11-18)21-25-19(4,5)20(6,7)26-21/h8-11,14-15H,12-13H2,1-7H3/t14-,15+. The number of amides is 1. The molecular weight excluding hydrogens is 327 g/mol. The topological polar surface area (TPSA) is 42.0 Å². The van der Waals surface area contributed by atoms with Crippen molar-refractivity contribution in [3.05, 3.63) is 24.3 Å². The first-order chi connectivity index (χ1) is 12.0. The van der Waals surface area contributed by atoms with Gasteiger partial charge in [0.25, 0.3) is 0 Å². The van der Waals surface area contributed by atoms with Crippen molar-refractivity contribution < 1.29 is 14.1 Å². The maximum absolute atomic E-state index is 11.8. The molecule has 0 spiro atoms. The molecule has 2 saturated heterocycles. The number of carbonyl (C=O) groups excluding carboxylic acids is 1. The molecule has 6 heteroatoms. The number of rotatable bonds is 2. The van der Waals surface area contributed by atoms with E-state index in [2.05, 4.69) is 70.7 Å². The molecule has 142 valence electrons.